The number of aryl methyl sites for hydroxylation is 2. The number of amides is 2. The lowest BCUT2D eigenvalue weighted by molar-refractivity contribution is 0.262. The minimum atomic E-state index is -0.379. The fourth-order valence-electron chi connectivity index (χ4n) is 3.06. The van der Waals surface area contributed by atoms with Crippen LogP contribution >= 0.6 is 11.6 Å². The Kier molecular flexibility index (Phi) is 6.66. The van der Waals surface area contributed by atoms with E-state index >= 15 is 0 Å². The lowest BCUT2D eigenvalue weighted by Gasteiger charge is -2.11. The molecule has 2 amide bonds. The predicted molar refractivity (Wildman–Crippen MR) is 133 cm³/mol. The standard InChI is InChI=1S/C24H22ClN7O/c1-15-11-12-26-21(13-15)32-23-14-22(27-16(2)28-23)29-17-7-9-18(10-8-17)30-24(33)31-20-6-4-3-5-19(20)25/h3-14H,1-2H3,(H2,30,31,33)(H2,26,27,28,29,32). The maximum atomic E-state index is 12.2. The molecular weight excluding hydrogens is 438 g/mol. The van der Waals surface area contributed by atoms with Gasteiger partial charge in [-0.2, -0.15) is 0 Å². The van der Waals surface area contributed by atoms with E-state index in [0.29, 0.717) is 39.7 Å². The zero-order valence-electron chi connectivity index (χ0n) is 18.1. The number of nitrogens with one attached hydrogen (secondary N) is 4. The minimum absolute atomic E-state index is 0.379. The molecule has 0 fully saturated rings. The molecule has 4 aromatic rings. The number of aromatic nitrogens is 3. The van der Waals surface area contributed by atoms with Crippen LogP contribution in [0.2, 0.25) is 5.02 Å². The van der Waals surface area contributed by atoms with Crippen molar-refractivity contribution >= 4 is 52.1 Å². The maximum absolute atomic E-state index is 12.2. The first kappa shape index (κ1) is 22.0. The van der Waals surface area contributed by atoms with E-state index in [2.05, 4.69) is 36.2 Å². The molecule has 33 heavy (non-hydrogen) atoms. The quantitative estimate of drug-likeness (QED) is 0.271. The van der Waals surface area contributed by atoms with Crippen molar-refractivity contribution in [2.75, 3.05) is 21.3 Å². The summed E-state index contributed by atoms with van der Waals surface area (Å²) in [6.45, 7) is 3.83. The van der Waals surface area contributed by atoms with Gasteiger partial charge in [0.2, 0.25) is 0 Å². The number of anilines is 6. The molecule has 0 saturated carbocycles. The summed E-state index contributed by atoms with van der Waals surface area (Å²) in [6.07, 6.45) is 1.75. The van der Waals surface area contributed by atoms with Crippen LogP contribution in [0.25, 0.3) is 0 Å². The molecule has 0 unspecified atom stereocenters. The molecule has 4 rings (SSSR count). The molecule has 0 atom stereocenters. The molecule has 0 aliphatic heterocycles. The van der Waals surface area contributed by atoms with Crippen LogP contribution < -0.4 is 21.3 Å². The van der Waals surface area contributed by atoms with Gasteiger partial charge in [0.1, 0.15) is 23.3 Å². The van der Waals surface area contributed by atoms with Crippen LogP contribution in [-0.2, 0) is 0 Å². The highest BCUT2D eigenvalue weighted by atomic mass is 35.5. The van der Waals surface area contributed by atoms with Gasteiger partial charge in [0.05, 0.1) is 10.7 Å². The molecule has 8 nitrogen and oxygen atoms in total. The molecule has 0 spiro atoms. The number of carbonyl (C=O) groups is 1. The molecule has 4 N–H and O–H groups in total. The van der Waals surface area contributed by atoms with Gasteiger partial charge in [-0.05, 0) is 67.9 Å². The summed E-state index contributed by atoms with van der Waals surface area (Å²) in [4.78, 5) is 25.4. The second kappa shape index (κ2) is 9.97. The van der Waals surface area contributed by atoms with Gasteiger partial charge in [-0.15, -0.1) is 0 Å². The van der Waals surface area contributed by atoms with Crippen molar-refractivity contribution in [3.8, 4) is 0 Å². The summed E-state index contributed by atoms with van der Waals surface area (Å²) >= 11 is 6.07. The third-order valence-corrected chi connectivity index (χ3v) is 4.88. The van der Waals surface area contributed by atoms with Crippen molar-refractivity contribution in [3.05, 3.63) is 89.3 Å². The topological polar surface area (TPSA) is 104 Å². The van der Waals surface area contributed by atoms with Gasteiger partial charge < -0.3 is 21.3 Å². The van der Waals surface area contributed by atoms with Crippen molar-refractivity contribution in [1.29, 1.82) is 0 Å². The van der Waals surface area contributed by atoms with Gasteiger partial charge in [0.25, 0.3) is 0 Å². The summed E-state index contributed by atoms with van der Waals surface area (Å²) in [7, 11) is 0. The number of hydrogen-bond donors (Lipinski definition) is 4. The fourth-order valence-corrected chi connectivity index (χ4v) is 3.25. The number of carbonyl (C=O) groups excluding carboxylic acids is 1. The number of benzene rings is 2. The second-order valence-corrected chi connectivity index (χ2v) is 7.70. The SMILES string of the molecule is Cc1ccnc(Nc2cc(Nc3ccc(NC(=O)Nc4ccccc4Cl)cc3)nc(C)n2)c1. The molecule has 0 saturated heterocycles. The Labute approximate surface area is 196 Å². The van der Waals surface area contributed by atoms with Crippen LogP contribution in [0.1, 0.15) is 11.4 Å². The van der Waals surface area contributed by atoms with Crippen molar-refractivity contribution in [1.82, 2.24) is 15.0 Å². The van der Waals surface area contributed by atoms with E-state index in [0.717, 1.165) is 11.3 Å². The van der Waals surface area contributed by atoms with Gasteiger partial charge in [-0.1, -0.05) is 23.7 Å². The maximum Gasteiger partial charge on any atom is 0.323 e. The average molecular weight is 460 g/mol. The van der Waals surface area contributed by atoms with E-state index in [9.17, 15) is 4.79 Å². The summed E-state index contributed by atoms with van der Waals surface area (Å²) in [5.74, 6) is 2.60. The average Bonchev–Trinajstić information content (AvgIpc) is 2.76. The first-order valence-corrected chi connectivity index (χ1v) is 10.6. The van der Waals surface area contributed by atoms with E-state index in [1.807, 2.05) is 38.1 Å². The Balaban J connectivity index is 1.40. The van der Waals surface area contributed by atoms with Crippen LogP contribution in [-0.4, -0.2) is 21.0 Å². The second-order valence-electron chi connectivity index (χ2n) is 7.29. The van der Waals surface area contributed by atoms with E-state index in [4.69, 9.17) is 11.6 Å². The summed E-state index contributed by atoms with van der Waals surface area (Å²) in [5.41, 5.74) is 3.09. The molecular formula is C24H22ClN7O. The number of pyridine rings is 1. The minimum Gasteiger partial charge on any atom is -0.340 e. The number of nitrogens with zero attached hydrogens (tertiary/aromatic N) is 3. The van der Waals surface area contributed by atoms with E-state index in [1.54, 1.807) is 48.7 Å². The highest BCUT2D eigenvalue weighted by molar-refractivity contribution is 6.33. The highest BCUT2D eigenvalue weighted by Gasteiger charge is 2.07. The van der Waals surface area contributed by atoms with Crippen LogP contribution in [0, 0.1) is 13.8 Å². The van der Waals surface area contributed by atoms with Crippen molar-refractivity contribution in [3.63, 3.8) is 0 Å². The Morgan fingerprint density at radius 1 is 0.788 bits per heavy atom. The number of rotatable bonds is 6. The third kappa shape index (κ3) is 6.18. The first-order chi connectivity index (χ1) is 15.9. The Hall–Kier alpha value is -4.17. The summed E-state index contributed by atoms with van der Waals surface area (Å²) in [6, 6.07) is 19.6. The smallest absolute Gasteiger partial charge is 0.323 e. The van der Waals surface area contributed by atoms with Crippen LogP contribution in [0.15, 0.2) is 72.9 Å². The van der Waals surface area contributed by atoms with E-state index in [1.165, 1.54) is 0 Å². The summed E-state index contributed by atoms with van der Waals surface area (Å²) in [5, 5.41) is 12.4. The Morgan fingerprint density at radius 2 is 1.48 bits per heavy atom. The lowest BCUT2D eigenvalue weighted by Crippen LogP contribution is -2.19. The molecule has 166 valence electrons. The molecule has 0 bridgehead atoms. The molecule has 2 heterocycles. The molecule has 2 aromatic carbocycles. The normalized spacial score (nSPS) is 10.4. The van der Waals surface area contributed by atoms with Gasteiger partial charge in [-0.25, -0.2) is 19.7 Å². The highest BCUT2D eigenvalue weighted by Crippen LogP contribution is 2.23. The van der Waals surface area contributed by atoms with Crippen molar-refractivity contribution in [2.24, 2.45) is 0 Å². The third-order valence-electron chi connectivity index (χ3n) is 4.55. The lowest BCUT2D eigenvalue weighted by atomic mass is 10.2. The van der Waals surface area contributed by atoms with Gasteiger partial charge in [0.15, 0.2) is 0 Å². The van der Waals surface area contributed by atoms with E-state index < -0.39 is 0 Å². The zero-order valence-corrected chi connectivity index (χ0v) is 18.8. The molecule has 9 heteroatoms. The molecule has 0 radical (unpaired) electrons. The number of halogens is 1. The van der Waals surface area contributed by atoms with E-state index in [-0.39, 0.29) is 6.03 Å². The zero-order chi connectivity index (χ0) is 23.2. The van der Waals surface area contributed by atoms with Crippen LogP contribution in [0.4, 0.5) is 39.3 Å². The predicted octanol–water partition coefficient (Wildman–Crippen LogP) is 6.27. The largest absolute Gasteiger partial charge is 0.340 e. The van der Waals surface area contributed by atoms with Gasteiger partial charge in [0, 0.05) is 23.6 Å². The van der Waals surface area contributed by atoms with Crippen LogP contribution in [0.5, 0.6) is 0 Å². The first-order valence-electron chi connectivity index (χ1n) is 10.2. The molecule has 2 aromatic heterocycles. The molecule has 0 aliphatic rings. The van der Waals surface area contributed by atoms with Gasteiger partial charge >= 0.3 is 6.03 Å². The monoisotopic (exact) mass is 459 g/mol. The Bertz CT molecular complexity index is 1280. The van der Waals surface area contributed by atoms with Crippen LogP contribution in [0.3, 0.4) is 0 Å². The number of para-hydroxylation sites is 1. The fraction of sp³-hybridized carbons (Fsp3) is 0.0833. The van der Waals surface area contributed by atoms with Crippen molar-refractivity contribution < 1.29 is 4.79 Å². The number of hydrogen-bond acceptors (Lipinski definition) is 6. The summed E-state index contributed by atoms with van der Waals surface area (Å²) < 4.78 is 0. The number of urea groups is 1. The molecule has 0 aliphatic carbocycles. The van der Waals surface area contributed by atoms with Gasteiger partial charge in [-0.3, -0.25) is 0 Å². The van der Waals surface area contributed by atoms with Crippen molar-refractivity contribution in [2.45, 2.75) is 13.8 Å². The Morgan fingerprint density at radius 3 is 2.21 bits per heavy atom.